The van der Waals surface area contributed by atoms with Gasteiger partial charge in [-0.2, -0.15) is 0 Å². The van der Waals surface area contributed by atoms with E-state index in [1.807, 2.05) is 6.92 Å². The summed E-state index contributed by atoms with van der Waals surface area (Å²) in [6.45, 7) is 2.01. The summed E-state index contributed by atoms with van der Waals surface area (Å²) in [6.07, 6.45) is 3.87. The molecular formula is C6H10N2O. The van der Waals surface area contributed by atoms with Crippen molar-refractivity contribution in [2.24, 2.45) is 5.73 Å². The molecule has 2 N–H and O–H groups in total. The zero-order chi connectivity index (χ0) is 6.69. The number of nitrogens with zero attached hydrogens (tertiary/aromatic N) is 1. The van der Waals surface area contributed by atoms with Gasteiger partial charge in [-0.05, 0) is 6.42 Å². The maximum atomic E-state index is 5.62. The quantitative estimate of drug-likeness (QED) is 0.645. The van der Waals surface area contributed by atoms with Gasteiger partial charge >= 0.3 is 0 Å². The fourth-order valence-electron chi connectivity index (χ4n) is 0.614. The Morgan fingerprint density at radius 1 is 1.89 bits per heavy atom. The fourth-order valence-corrected chi connectivity index (χ4v) is 0.614. The van der Waals surface area contributed by atoms with E-state index in [4.69, 9.17) is 10.2 Å². The molecule has 1 aromatic rings. The van der Waals surface area contributed by atoms with Crippen LogP contribution in [0.3, 0.4) is 0 Å². The molecule has 3 heteroatoms. The second kappa shape index (κ2) is 2.64. The Balaban J connectivity index is 2.65. The van der Waals surface area contributed by atoms with Crippen molar-refractivity contribution in [2.45, 2.75) is 19.4 Å². The van der Waals surface area contributed by atoms with Crippen molar-refractivity contribution < 1.29 is 4.42 Å². The minimum atomic E-state index is 0.0312. The van der Waals surface area contributed by atoms with E-state index < -0.39 is 0 Å². The minimum Gasteiger partial charge on any atom is -0.451 e. The second-order valence-electron chi connectivity index (χ2n) is 1.93. The average Bonchev–Trinajstić information content (AvgIpc) is 2.37. The number of aromatic nitrogens is 1. The van der Waals surface area contributed by atoms with E-state index in [2.05, 4.69) is 4.98 Å². The van der Waals surface area contributed by atoms with Gasteiger partial charge in [0.1, 0.15) is 6.26 Å². The molecule has 0 spiro atoms. The third-order valence-electron chi connectivity index (χ3n) is 1.27. The number of rotatable bonds is 2. The van der Waals surface area contributed by atoms with Crippen molar-refractivity contribution in [1.82, 2.24) is 4.98 Å². The van der Waals surface area contributed by atoms with Gasteiger partial charge in [0.15, 0.2) is 6.39 Å². The molecule has 0 radical (unpaired) electrons. The first-order valence-corrected chi connectivity index (χ1v) is 2.98. The lowest BCUT2D eigenvalue weighted by Gasteiger charge is -2.00. The molecule has 0 bridgehead atoms. The van der Waals surface area contributed by atoms with Crippen molar-refractivity contribution in [3.8, 4) is 0 Å². The maximum Gasteiger partial charge on any atom is 0.180 e. The molecule has 1 heterocycles. The normalized spacial score (nSPS) is 13.6. The molecule has 0 saturated heterocycles. The zero-order valence-electron chi connectivity index (χ0n) is 5.37. The Kier molecular flexibility index (Phi) is 1.85. The summed E-state index contributed by atoms with van der Waals surface area (Å²) >= 11 is 0. The van der Waals surface area contributed by atoms with Gasteiger partial charge in [-0.1, -0.05) is 6.92 Å². The highest BCUT2D eigenvalue weighted by molar-refractivity contribution is 4.97. The van der Waals surface area contributed by atoms with Crippen molar-refractivity contribution >= 4 is 0 Å². The molecule has 0 fully saturated rings. The van der Waals surface area contributed by atoms with E-state index >= 15 is 0 Å². The average molecular weight is 126 g/mol. The molecule has 9 heavy (non-hydrogen) atoms. The first-order chi connectivity index (χ1) is 4.34. The summed E-state index contributed by atoms with van der Waals surface area (Å²) < 4.78 is 4.75. The zero-order valence-corrected chi connectivity index (χ0v) is 5.37. The summed E-state index contributed by atoms with van der Waals surface area (Å²) in [7, 11) is 0. The van der Waals surface area contributed by atoms with Crippen LogP contribution in [0.2, 0.25) is 0 Å². The molecule has 0 unspecified atom stereocenters. The molecule has 0 aliphatic rings. The molecule has 3 nitrogen and oxygen atoms in total. The summed E-state index contributed by atoms with van der Waals surface area (Å²) in [6, 6.07) is 0.0312. The van der Waals surface area contributed by atoms with Gasteiger partial charge in [0.05, 0.1) is 5.69 Å². The van der Waals surface area contributed by atoms with Crippen LogP contribution in [-0.4, -0.2) is 4.98 Å². The van der Waals surface area contributed by atoms with E-state index in [-0.39, 0.29) is 6.04 Å². The Morgan fingerprint density at radius 3 is 3.11 bits per heavy atom. The van der Waals surface area contributed by atoms with Gasteiger partial charge in [0.25, 0.3) is 0 Å². The van der Waals surface area contributed by atoms with Gasteiger partial charge in [-0.3, -0.25) is 0 Å². The van der Waals surface area contributed by atoms with Crippen molar-refractivity contribution in [3.05, 3.63) is 18.4 Å². The Labute approximate surface area is 53.9 Å². The van der Waals surface area contributed by atoms with Gasteiger partial charge in [-0.25, -0.2) is 4.98 Å². The van der Waals surface area contributed by atoms with Crippen LogP contribution < -0.4 is 5.73 Å². The summed E-state index contributed by atoms with van der Waals surface area (Å²) in [5.41, 5.74) is 6.45. The molecule has 0 saturated carbocycles. The minimum absolute atomic E-state index is 0.0312. The number of oxazole rings is 1. The Bertz CT molecular complexity index is 160. The monoisotopic (exact) mass is 126 g/mol. The van der Waals surface area contributed by atoms with E-state index in [1.54, 1.807) is 6.26 Å². The van der Waals surface area contributed by atoms with E-state index in [9.17, 15) is 0 Å². The smallest absolute Gasteiger partial charge is 0.180 e. The highest BCUT2D eigenvalue weighted by Gasteiger charge is 2.03. The predicted octanol–water partition coefficient (Wildman–Crippen LogP) is 1.08. The van der Waals surface area contributed by atoms with Crippen LogP contribution in [0, 0.1) is 0 Å². The Hall–Kier alpha value is -0.830. The lowest BCUT2D eigenvalue weighted by molar-refractivity contribution is 0.553. The number of hydrogen-bond acceptors (Lipinski definition) is 3. The third-order valence-corrected chi connectivity index (χ3v) is 1.27. The molecular weight excluding hydrogens is 116 g/mol. The summed E-state index contributed by atoms with van der Waals surface area (Å²) in [5.74, 6) is 0. The second-order valence-corrected chi connectivity index (χ2v) is 1.93. The molecule has 1 atom stereocenters. The molecule has 0 amide bonds. The van der Waals surface area contributed by atoms with Crippen LogP contribution in [0.4, 0.5) is 0 Å². The largest absolute Gasteiger partial charge is 0.451 e. The third kappa shape index (κ3) is 1.29. The van der Waals surface area contributed by atoms with E-state index in [0.717, 1.165) is 12.1 Å². The van der Waals surface area contributed by atoms with E-state index in [1.165, 1.54) is 6.39 Å². The van der Waals surface area contributed by atoms with Crippen LogP contribution in [0.15, 0.2) is 17.1 Å². The maximum absolute atomic E-state index is 5.62. The molecule has 1 rings (SSSR count). The molecule has 0 aromatic carbocycles. The Morgan fingerprint density at radius 2 is 2.67 bits per heavy atom. The van der Waals surface area contributed by atoms with E-state index in [0.29, 0.717) is 0 Å². The first kappa shape index (κ1) is 6.29. The van der Waals surface area contributed by atoms with Crippen molar-refractivity contribution in [3.63, 3.8) is 0 Å². The fraction of sp³-hybridized carbons (Fsp3) is 0.500. The molecule has 0 aliphatic carbocycles. The van der Waals surface area contributed by atoms with Crippen LogP contribution in [0.1, 0.15) is 25.1 Å². The standard InChI is InChI=1S/C6H10N2O/c1-2-5(7)6-3-9-4-8-6/h3-5H,2,7H2,1H3/t5-/m0/s1. The number of nitrogens with two attached hydrogens (primary N) is 1. The van der Waals surface area contributed by atoms with Crippen molar-refractivity contribution in [1.29, 1.82) is 0 Å². The molecule has 0 aliphatic heterocycles. The SMILES string of the molecule is CC[C@H](N)c1cocn1. The van der Waals surface area contributed by atoms with Gasteiger partial charge in [-0.15, -0.1) is 0 Å². The van der Waals surface area contributed by atoms with Crippen LogP contribution in [0.5, 0.6) is 0 Å². The highest BCUT2D eigenvalue weighted by Crippen LogP contribution is 2.08. The van der Waals surface area contributed by atoms with Crippen LogP contribution in [-0.2, 0) is 0 Å². The lowest BCUT2D eigenvalue weighted by Crippen LogP contribution is -2.08. The first-order valence-electron chi connectivity index (χ1n) is 2.98. The lowest BCUT2D eigenvalue weighted by atomic mass is 10.2. The van der Waals surface area contributed by atoms with Crippen LogP contribution in [0.25, 0.3) is 0 Å². The summed E-state index contributed by atoms with van der Waals surface area (Å²) in [5, 5.41) is 0. The topological polar surface area (TPSA) is 52.0 Å². The highest BCUT2D eigenvalue weighted by atomic mass is 16.3. The van der Waals surface area contributed by atoms with Crippen molar-refractivity contribution in [2.75, 3.05) is 0 Å². The van der Waals surface area contributed by atoms with Gasteiger partial charge in [0, 0.05) is 6.04 Å². The summed E-state index contributed by atoms with van der Waals surface area (Å²) in [4.78, 5) is 3.90. The molecule has 50 valence electrons. The van der Waals surface area contributed by atoms with Gasteiger partial charge < -0.3 is 10.2 Å². The molecule has 1 aromatic heterocycles. The number of hydrogen-bond donors (Lipinski definition) is 1. The van der Waals surface area contributed by atoms with Crippen LogP contribution >= 0.6 is 0 Å². The van der Waals surface area contributed by atoms with Gasteiger partial charge in [0.2, 0.25) is 0 Å². The predicted molar refractivity (Wildman–Crippen MR) is 33.7 cm³/mol.